The molecule has 0 aromatic heterocycles. The first-order chi connectivity index (χ1) is 26.8. The van der Waals surface area contributed by atoms with Crippen molar-refractivity contribution < 1.29 is 18.9 Å². The lowest BCUT2D eigenvalue weighted by atomic mass is 9.69. The van der Waals surface area contributed by atoms with Crippen LogP contribution in [0.15, 0.2) is 97.1 Å². The van der Waals surface area contributed by atoms with Gasteiger partial charge in [0.15, 0.2) is 23.0 Å². The third-order valence-corrected chi connectivity index (χ3v) is 11.7. The third-order valence-electron chi connectivity index (χ3n) is 11.7. The zero-order valence-electron chi connectivity index (χ0n) is 34.4. The van der Waals surface area contributed by atoms with Crippen LogP contribution in [0.2, 0.25) is 0 Å². The molecule has 0 heterocycles. The summed E-state index contributed by atoms with van der Waals surface area (Å²) in [4.78, 5) is 0. The normalized spacial score (nSPS) is 14.9. The van der Waals surface area contributed by atoms with E-state index in [1.165, 1.54) is 50.2 Å². The highest BCUT2D eigenvalue weighted by Gasteiger charge is 2.53. The molecule has 6 aromatic rings. The first-order valence-corrected chi connectivity index (χ1v) is 19.4. The summed E-state index contributed by atoms with van der Waals surface area (Å²) in [6.45, 7) is 15.5. The highest BCUT2D eigenvalue weighted by atomic mass is 16.5. The summed E-state index contributed by atoms with van der Waals surface area (Å²) in [5.74, 6) is 2.78. The van der Waals surface area contributed by atoms with E-state index in [-0.39, 0.29) is 5.41 Å². The molecule has 0 saturated carbocycles. The smallest absolute Gasteiger partial charge is 0.161 e. The molecule has 286 valence electrons. The van der Waals surface area contributed by atoms with E-state index in [9.17, 15) is 0 Å². The lowest BCUT2D eigenvalue weighted by Gasteiger charge is -2.32. The number of fused-ring (bicyclic) bond motifs is 10. The lowest BCUT2D eigenvalue weighted by Crippen LogP contribution is -2.27. The van der Waals surface area contributed by atoms with Gasteiger partial charge in [0.1, 0.15) is 0 Å². The molecule has 6 heteroatoms. The largest absolute Gasteiger partial charge is 0.493 e. The number of hydrogen-bond donors (Lipinski definition) is 2. The van der Waals surface area contributed by atoms with Crippen molar-refractivity contribution in [2.45, 2.75) is 65.3 Å². The van der Waals surface area contributed by atoms with Gasteiger partial charge >= 0.3 is 0 Å². The molecular formula is C50H52N2O4. The van der Waals surface area contributed by atoms with Crippen molar-refractivity contribution in [2.24, 2.45) is 0 Å². The van der Waals surface area contributed by atoms with Gasteiger partial charge in [-0.3, -0.25) is 0 Å². The number of nitrogens with one attached hydrogen (secondary N) is 2. The maximum atomic E-state index is 6.00. The standard InChI is InChI=1S/C50H52N2O4/c1-28(2)51-43-18-12-31(20-29(43)3)32-13-19-44(30(4)21-32)52-34-15-17-36-38-25-46(54-9)48(56-11)27-42(38)50(40(36)23-34)39-22-33(49(5,6)7)14-16-35(39)37-24-45(53-8)47(55-10)26-41(37)50/h12-28,51-52H,1-11H3. The maximum Gasteiger partial charge on any atom is 0.161 e. The second-order valence-corrected chi connectivity index (χ2v) is 16.5. The van der Waals surface area contributed by atoms with Crippen LogP contribution in [0.4, 0.5) is 17.1 Å². The zero-order valence-corrected chi connectivity index (χ0v) is 34.4. The SMILES string of the molecule is COc1cc2c(cc1OC)C1(c3cc(Nc4ccc(-c5ccc(NC(C)C)c(C)c5)cc4C)ccc3-2)c2cc(C(C)(C)C)ccc2-c2cc(OC)c(OC)cc21. The van der Waals surface area contributed by atoms with Crippen LogP contribution in [0.25, 0.3) is 33.4 Å². The van der Waals surface area contributed by atoms with E-state index in [1.807, 2.05) is 0 Å². The topological polar surface area (TPSA) is 61.0 Å². The Kier molecular flexibility index (Phi) is 9.07. The predicted molar refractivity (Wildman–Crippen MR) is 231 cm³/mol. The number of benzene rings is 6. The van der Waals surface area contributed by atoms with Crippen molar-refractivity contribution in [2.75, 3.05) is 39.1 Å². The average molecular weight is 745 g/mol. The van der Waals surface area contributed by atoms with Gasteiger partial charge in [0.2, 0.25) is 0 Å². The molecule has 0 radical (unpaired) electrons. The van der Waals surface area contributed by atoms with E-state index in [1.54, 1.807) is 28.4 Å². The van der Waals surface area contributed by atoms with Crippen molar-refractivity contribution in [1.82, 2.24) is 0 Å². The van der Waals surface area contributed by atoms with Crippen molar-refractivity contribution >= 4 is 17.1 Å². The second kappa shape index (κ2) is 13.7. The molecular weight excluding hydrogens is 693 g/mol. The van der Waals surface area contributed by atoms with E-state index in [4.69, 9.17) is 18.9 Å². The van der Waals surface area contributed by atoms with Crippen LogP contribution in [0.1, 0.15) is 73.6 Å². The molecule has 0 saturated heterocycles. The number of ether oxygens (including phenoxy) is 4. The Labute approximate surface area is 331 Å². The van der Waals surface area contributed by atoms with E-state index in [2.05, 4.69) is 156 Å². The summed E-state index contributed by atoms with van der Waals surface area (Å²) < 4.78 is 23.8. The van der Waals surface area contributed by atoms with Crippen LogP contribution in [-0.4, -0.2) is 34.5 Å². The summed E-state index contributed by atoms with van der Waals surface area (Å²) in [7, 11) is 6.81. The Bertz CT molecular complexity index is 2510. The second-order valence-electron chi connectivity index (χ2n) is 16.5. The van der Waals surface area contributed by atoms with Crippen LogP contribution in [-0.2, 0) is 10.8 Å². The third kappa shape index (κ3) is 5.77. The Morgan fingerprint density at radius 1 is 0.500 bits per heavy atom. The van der Waals surface area contributed by atoms with Gasteiger partial charge < -0.3 is 29.6 Å². The van der Waals surface area contributed by atoms with Crippen LogP contribution in [0.5, 0.6) is 23.0 Å². The summed E-state index contributed by atoms with van der Waals surface area (Å²) in [5, 5.41) is 7.37. The van der Waals surface area contributed by atoms with Gasteiger partial charge in [-0.1, -0.05) is 57.2 Å². The Morgan fingerprint density at radius 3 is 1.45 bits per heavy atom. The molecule has 0 aliphatic heterocycles. The molecule has 0 fully saturated rings. The molecule has 6 nitrogen and oxygen atoms in total. The fourth-order valence-electron chi connectivity index (χ4n) is 8.87. The van der Waals surface area contributed by atoms with Crippen LogP contribution < -0.4 is 29.6 Å². The minimum atomic E-state index is -0.680. The molecule has 2 aliphatic carbocycles. The molecule has 0 bridgehead atoms. The highest BCUT2D eigenvalue weighted by molar-refractivity contribution is 5.97. The molecule has 2 aliphatic rings. The fraction of sp³-hybridized carbons (Fsp3) is 0.280. The van der Waals surface area contributed by atoms with Crippen molar-refractivity contribution in [1.29, 1.82) is 0 Å². The zero-order chi connectivity index (χ0) is 39.7. The van der Waals surface area contributed by atoms with Crippen LogP contribution >= 0.6 is 0 Å². The molecule has 6 aromatic carbocycles. The number of aryl methyl sites for hydroxylation is 2. The van der Waals surface area contributed by atoms with E-state index in [0.717, 1.165) is 39.2 Å². The Morgan fingerprint density at radius 2 is 0.964 bits per heavy atom. The molecule has 56 heavy (non-hydrogen) atoms. The Hall–Kier alpha value is -5.88. The molecule has 8 rings (SSSR count). The average Bonchev–Trinajstić information content (AvgIpc) is 3.62. The minimum Gasteiger partial charge on any atom is -0.493 e. The van der Waals surface area contributed by atoms with Crippen LogP contribution in [0.3, 0.4) is 0 Å². The van der Waals surface area contributed by atoms with E-state index in [0.29, 0.717) is 29.0 Å². The lowest BCUT2D eigenvalue weighted by molar-refractivity contribution is 0.354. The summed E-state index contributed by atoms with van der Waals surface area (Å²) in [5.41, 5.74) is 17.8. The molecule has 1 atom stereocenters. The number of methoxy groups -OCH3 is 4. The van der Waals surface area contributed by atoms with Crippen molar-refractivity contribution in [3.05, 3.63) is 136 Å². The van der Waals surface area contributed by atoms with Gasteiger partial charge in [-0.2, -0.15) is 0 Å². The monoisotopic (exact) mass is 744 g/mol. The highest BCUT2D eigenvalue weighted by Crippen LogP contribution is 2.65. The van der Waals surface area contributed by atoms with Gasteiger partial charge in [0, 0.05) is 23.1 Å². The molecule has 2 N–H and O–H groups in total. The van der Waals surface area contributed by atoms with E-state index < -0.39 is 5.41 Å². The van der Waals surface area contributed by atoms with Gasteiger partial charge in [0.25, 0.3) is 0 Å². The van der Waals surface area contributed by atoms with Gasteiger partial charge in [-0.05, 0) is 166 Å². The van der Waals surface area contributed by atoms with Gasteiger partial charge in [-0.15, -0.1) is 0 Å². The first kappa shape index (κ1) is 37.1. The molecule has 0 amide bonds. The summed E-state index contributed by atoms with van der Waals surface area (Å²) in [6.07, 6.45) is 0. The number of hydrogen-bond acceptors (Lipinski definition) is 6. The summed E-state index contributed by atoms with van der Waals surface area (Å²) in [6, 6.07) is 36.1. The predicted octanol–water partition coefficient (Wildman–Crippen LogP) is 12.2. The fourth-order valence-corrected chi connectivity index (χ4v) is 8.87. The Balaban J connectivity index is 1.32. The van der Waals surface area contributed by atoms with Crippen molar-refractivity contribution in [3.63, 3.8) is 0 Å². The summed E-state index contributed by atoms with van der Waals surface area (Å²) >= 11 is 0. The number of rotatable bonds is 9. The maximum absolute atomic E-state index is 6.00. The van der Waals surface area contributed by atoms with E-state index >= 15 is 0 Å². The molecule has 1 unspecified atom stereocenters. The first-order valence-electron chi connectivity index (χ1n) is 19.4. The van der Waals surface area contributed by atoms with Gasteiger partial charge in [-0.25, -0.2) is 0 Å². The van der Waals surface area contributed by atoms with Gasteiger partial charge in [0.05, 0.1) is 33.9 Å². The molecule has 1 spiro atoms. The quantitative estimate of drug-likeness (QED) is 0.153. The van der Waals surface area contributed by atoms with Crippen LogP contribution in [0, 0.1) is 13.8 Å². The van der Waals surface area contributed by atoms with Crippen molar-refractivity contribution in [3.8, 4) is 56.4 Å². The minimum absolute atomic E-state index is 0.0684. The number of anilines is 3.